The highest BCUT2D eigenvalue weighted by atomic mass is 19.1. The highest BCUT2D eigenvalue weighted by molar-refractivity contribution is 5.95. The fourth-order valence-electron chi connectivity index (χ4n) is 5.70. The van der Waals surface area contributed by atoms with Crippen molar-refractivity contribution in [2.24, 2.45) is 5.41 Å². The number of amides is 1. The molecule has 9 heteroatoms. The van der Waals surface area contributed by atoms with Crippen molar-refractivity contribution in [1.82, 2.24) is 35.0 Å². The predicted molar refractivity (Wildman–Crippen MR) is 139 cm³/mol. The monoisotopic (exact) mass is 505 g/mol. The number of para-hydroxylation sites is 1. The molecule has 2 saturated carbocycles. The number of aromatic nitrogens is 6. The van der Waals surface area contributed by atoms with Crippen LogP contribution < -0.4 is 5.32 Å². The highest BCUT2D eigenvalue weighted by Gasteiger charge is 2.63. The molecule has 2 aliphatic rings. The zero-order valence-electron chi connectivity index (χ0n) is 20.7. The van der Waals surface area contributed by atoms with E-state index in [4.69, 9.17) is 0 Å². The molecule has 1 unspecified atom stereocenters. The van der Waals surface area contributed by atoms with Gasteiger partial charge in [-0.05, 0) is 74.1 Å². The number of carbonyl (C=O) groups excluding carboxylic acids is 1. The number of hydrogen-bond acceptors (Lipinski definition) is 6. The summed E-state index contributed by atoms with van der Waals surface area (Å²) in [6.45, 7) is 1.91. The summed E-state index contributed by atoms with van der Waals surface area (Å²) in [5, 5.41) is 13.0. The van der Waals surface area contributed by atoms with Crippen LogP contribution in [0, 0.1) is 18.2 Å². The van der Waals surface area contributed by atoms with Gasteiger partial charge in [0.25, 0.3) is 5.91 Å². The molecule has 0 radical (unpaired) electrons. The van der Waals surface area contributed by atoms with Gasteiger partial charge in [-0.1, -0.05) is 18.2 Å². The molecule has 0 saturated heterocycles. The molecule has 0 aliphatic heterocycles. The molecule has 0 bridgehead atoms. The molecule has 1 atom stereocenters. The molecule has 188 valence electrons. The third kappa shape index (κ3) is 3.73. The number of halogens is 1. The van der Waals surface area contributed by atoms with Gasteiger partial charge in [-0.15, -0.1) is 10.2 Å². The Bertz CT molecular complexity index is 1710. The second-order valence-electron chi connectivity index (χ2n) is 10.3. The summed E-state index contributed by atoms with van der Waals surface area (Å²) in [6.07, 6.45) is 6.01. The van der Waals surface area contributed by atoms with Gasteiger partial charge in [0.15, 0.2) is 5.82 Å². The van der Waals surface area contributed by atoms with Gasteiger partial charge in [0.1, 0.15) is 23.0 Å². The SMILES string of the molecule is Cc1cccc(-c2nnc(C3CC4(C3)CC4NC(=O)c3ccc4cnccc4n3)n2-c2ccccc2F)n1. The first-order chi connectivity index (χ1) is 18.5. The molecule has 2 aliphatic carbocycles. The smallest absolute Gasteiger partial charge is 0.270 e. The van der Waals surface area contributed by atoms with E-state index in [2.05, 4.69) is 30.5 Å². The number of rotatable bonds is 5. The lowest BCUT2D eigenvalue weighted by molar-refractivity contribution is 0.0928. The summed E-state index contributed by atoms with van der Waals surface area (Å²) < 4.78 is 16.8. The van der Waals surface area contributed by atoms with E-state index in [1.165, 1.54) is 6.07 Å². The Balaban J connectivity index is 1.12. The molecule has 5 aromatic rings. The van der Waals surface area contributed by atoms with E-state index in [1.54, 1.807) is 41.2 Å². The van der Waals surface area contributed by atoms with Crippen molar-refractivity contribution in [3.8, 4) is 17.2 Å². The van der Waals surface area contributed by atoms with Crippen LogP contribution in [-0.4, -0.2) is 41.7 Å². The fraction of sp³-hybridized carbons (Fsp3) is 0.241. The van der Waals surface area contributed by atoms with Crippen LogP contribution in [0.1, 0.15) is 47.2 Å². The Morgan fingerprint density at radius 1 is 1.00 bits per heavy atom. The van der Waals surface area contributed by atoms with Crippen LogP contribution in [0.15, 0.2) is 73.1 Å². The van der Waals surface area contributed by atoms with E-state index < -0.39 is 0 Å². The molecule has 4 heterocycles. The second-order valence-corrected chi connectivity index (χ2v) is 10.3. The average Bonchev–Trinajstić information content (AvgIpc) is 3.46. The molecular weight excluding hydrogens is 481 g/mol. The van der Waals surface area contributed by atoms with Crippen LogP contribution in [0.3, 0.4) is 0 Å². The van der Waals surface area contributed by atoms with E-state index in [-0.39, 0.29) is 29.1 Å². The van der Waals surface area contributed by atoms with Gasteiger partial charge in [-0.25, -0.2) is 14.4 Å². The Labute approximate surface area is 218 Å². The fourth-order valence-corrected chi connectivity index (χ4v) is 5.70. The minimum atomic E-state index is -0.341. The van der Waals surface area contributed by atoms with Crippen molar-refractivity contribution in [3.63, 3.8) is 0 Å². The number of fused-ring (bicyclic) bond motifs is 1. The number of pyridine rings is 3. The van der Waals surface area contributed by atoms with Crippen LogP contribution in [0.4, 0.5) is 4.39 Å². The zero-order valence-corrected chi connectivity index (χ0v) is 20.7. The maximum Gasteiger partial charge on any atom is 0.270 e. The molecule has 1 amide bonds. The van der Waals surface area contributed by atoms with Crippen molar-refractivity contribution in [2.45, 2.75) is 38.1 Å². The molecule has 1 spiro atoms. The van der Waals surface area contributed by atoms with E-state index in [1.807, 2.05) is 37.3 Å². The van der Waals surface area contributed by atoms with Crippen LogP contribution in [0.25, 0.3) is 28.1 Å². The van der Waals surface area contributed by atoms with Crippen LogP contribution in [-0.2, 0) is 0 Å². The Hall–Kier alpha value is -4.53. The van der Waals surface area contributed by atoms with Gasteiger partial charge < -0.3 is 5.32 Å². The molecular formula is C29H24FN7O. The molecule has 2 fully saturated rings. The summed E-state index contributed by atoms with van der Waals surface area (Å²) in [5.74, 6) is 0.839. The lowest BCUT2D eigenvalue weighted by Gasteiger charge is -2.36. The largest absolute Gasteiger partial charge is 0.347 e. The van der Waals surface area contributed by atoms with Crippen molar-refractivity contribution in [3.05, 3.63) is 96.1 Å². The quantitative estimate of drug-likeness (QED) is 0.369. The summed E-state index contributed by atoms with van der Waals surface area (Å²) in [7, 11) is 0. The molecule has 4 aromatic heterocycles. The van der Waals surface area contributed by atoms with Gasteiger partial charge in [-0.3, -0.25) is 14.3 Å². The normalized spacial score (nSPS) is 21.8. The van der Waals surface area contributed by atoms with E-state index in [0.29, 0.717) is 22.9 Å². The first kappa shape index (κ1) is 22.7. The molecule has 7 rings (SSSR count). The number of benzene rings is 1. The summed E-state index contributed by atoms with van der Waals surface area (Å²) in [6, 6.07) is 17.8. The Morgan fingerprint density at radius 3 is 2.71 bits per heavy atom. The van der Waals surface area contributed by atoms with Gasteiger partial charge in [0.2, 0.25) is 0 Å². The standard InChI is InChI=1S/C29H24FN7O/c1-17-5-4-7-22(32-17)27-36-35-26(37(27)24-8-3-2-6-20(24)30)19-13-29(14-19)15-25(29)34-28(38)23-10-9-18-16-31-12-11-21(18)33-23/h2-12,16,19,25H,13-15H2,1H3,(H,34,38). The van der Waals surface area contributed by atoms with Crippen LogP contribution in [0.2, 0.25) is 0 Å². The lowest BCUT2D eigenvalue weighted by atomic mass is 9.70. The number of nitrogens with one attached hydrogen (secondary N) is 1. The minimum Gasteiger partial charge on any atom is -0.347 e. The first-order valence-electron chi connectivity index (χ1n) is 12.7. The van der Waals surface area contributed by atoms with E-state index in [0.717, 1.165) is 41.7 Å². The Kier molecular flexibility index (Phi) is 5.07. The van der Waals surface area contributed by atoms with E-state index in [9.17, 15) is 9.18 Å². The third-order valence-corrected chi connectivity index (χ3v) is 7.79. The number of aryl methyl sites for hydroxylation is 1. The number of hydrogen-bond donors (Lipinski definition) is 1. The van der Waals surface area contributed by atoms with E-state index >= 15 is 0 Å². The van der Waals surface area contributed by atoms with Crippen molar-refractivity contribution in [2.75, 3.05) is 0 Å². The topological polar surface area (TPSA) is 98.5 Å². The van der Waals surface area contributed by atoms with Crippen molar-refractivity contribution in [1.29, 1.82) is 0 Å². The maximum atomic E-state index is 15.0. The van der Waals surface area contributed by atoms with Gasteiger partial charge in [-0.2, -0.15) is 0 Å². The zero-order chi connectivity index (χ0) is 25.9. The van der Waals surface area contributed by atoms with Crippen LogP contribution in [0.5, 0.6) is 0 Å². The molecule has 1 N–H and O–H groups in total. The number of nitrogens with zero attached hydrogens (tertiary/aromatic N) is 6. The maximum absolute atomic E-state index is 15.0. The van der Waals surface area contributed by atoms with Gasteiger partial charge in [0, 0.05) is 35.4 Å². The van der Waals surface area contributed by atoms with Gasteiger partial charge in [0.05, 0.1) is 11.2 Å². The van der Waals surface area contributed by atoms with Crippen LogP contribution >= 0.6 is 0 Å². The average molecular weight is 506 g/mol. The molecule has 8 nitrogen and oxygen atoms in total. The van der Waals surface area contributed by atoms with Crippen molar-refractivity contribution >= 4 is 16.8 Å². The molecule has 38 heavy (non-hydrogen) atoms. The minimum absolute atomic E-state index is 0.0366. The first-order valence-corrected chi connectivity index (χ1v) is 12.7. The number of carbonyl (C=O) groups is 1. The summed E-state index contributed by atoms with van der Waals surface area (Å²) >= 11 is 0. The lowest BCUT2D eigenvalue weighted by Crippen LogP contribution is -2.36. The second kappa shape index (κ2) is 8.51. The van der Waals surface area contributed by atoms with Crippen molar-refractivity contribution < 1.29 is 9.18 Å². The molecule has 1 aromatic carbocycles. The Morgan fingerprint density at radius 2 is 1.87 bits per heavy atom. The predicted octanol–water partition coefficient (Wildman–Crippen LogP) is 4.79. The summed E-state index contributed by atoms with van der Waals surface area (Å²) in [4.78, 5) is 26.1. The highest BCUT2D eigenvalue weighted by Crippen LogP contribution is 2.66. The third-order valence-electron chi connectivity index (χ3n) is 7.79. The summed E-state index contributed by atoms with van der Waals surface area (Å²) in [5.41, 5.74) is 3.09. The van der Waals surface area contributed by atoms with Gasteiger partial charge >= 0.3 is 0 Å².